The number of sulfone groups is 1. The van der Waals surface area contributed by atoms with Crippen molar-refractivity contribution in [3.8, 4) is 0 Å². The average Bonchev–Trinajstić information content (AvgIpc) is 3.01. The average molecular weight is 421 g/mol. The zero-order valence-electron chi connectivity index (χ0n) is 15.6. The van der Waals surface area contributed by atoms with E-state index in [1.54, 1.807) is 24.3 Å². The van der Waals surface area contributed by atoms with Crippen LogP contribution in [0.1, 0.15) is 30.3 Å². The van der Waals surface area contributed by atoms with Crippen molar-refractivity contribution in [1.82, 2.24) is 10.3 Å². The lowest BCUT2D eigenvalue weighted by Crippen LogP contribution is -2.25. The molecule has 0 aliphatic rings. The molecule has 0 spiro atoms. The fourth-order valence-corrected chi connectivity index (χ4v) is 4.46. The molecule has 1 amide bonds. The molecular formula is C20H21FN2O3S2. The van der Waals surface area contributed by atoms with Crippen molar-refractivity contribution < 1.29 is 17.6 Å². The van der Waals surface area contributed by atoms with Gasteiger partial charge in [0.05, 0.1) is 9.79 Å². The minimum Gasteiger partial charge on any atom is -0.351 e. The molecule has 8 heteroatoms. The fourth-order valence-electron chi connectivity index (χ4n) is 2.75. The second-order valence-corrected chi connectivity index (χ2v) is 9.52. The molecule has 0 aliphatic heterocycles. The summed E-state index contributed by atoms with van der Waals surface area (Å²) in [7, 11) is -3.39. The van der Waals surface area contributed by atoms with E-state index in [9.17, 15) is 17.6 Å². The third kappa shape index (κ3) is 4.39. The van der Waals surface area contributed by atoms with Crippen LogP contribution in [-0.4, -0.2) is 32.1 Å². The van der Waals surface area contributed by atoms with E-state index in [4.69, 9.17) is 0 Å². The number of fused-ring (bicyclic) bond motifs is 1. The molecule has 3 rings (SSSR count). The summed E-state index contributed by atoms with van der Waals surface area (Å²) in [6.45, 7) is 2.56. The van der Waals surface area contributed by atoms with E-state index < -0.39 is 9.84 Å². The number of carbonyl (C=O) groups excluding carboxylic acids is 1. The minimum absolute atomic E-state index is 0.154. The maximum absolute atomic E-state index is 14.2. The number of H-pyrrole nitrogens is 1. The van der Waals surface area contributed by atoms with Crippen LogP contribution in [0.3, 0.4) is 0 Å². The molecule has 0 radical (unpaired) electrons. The number of hydrogen-bond donors (Lipinski definition) is 2. The minimum atomic E-state index is -3.39. The number of nitrogens with one attached hydrogen (secondary N) is 2. The van der Waals surface area contributed by atoms with Gasteiger partial charge in [-0.25, -0.2) is 12.8 Å². The third-order valence-electron chi connectivity index (χ3n) is 4.24. The van der Waals surface area contributed by atoms with Gasteiger partial charge in [-0.15, -0.1) is 0 Å². The van der Waals surface area contributed by atoms with Crippen molar-refractivity contribution >= 4 is 38.4 Å². The third-order valence-corrected chi connectivity index (χ3v) is 6.53. The largest absolute Gasteiger partial charge is 0.351 e. The summed E-state index contributed by atoms with van der Waals surface area (Å²) in [5.74, 6) is -0.684. The number of carbonyl (C=O) groups is 1. The molecule has 148 valence electrons. The standard InChI is InChI=1S/C20H21FN2O3S2/c1-3-4-11-22-20(24)18-19(27-17-8-6-5-7-15(17)21)14-10-9-13(28(2,25)26)12-16(14)23-18/h5-10,12,23H,3-4,11H2,1-2H3,(H,22,24). The quantitative estimate of drug-likeness (QED) is 0.556. The highest BCUT2D eigenvalue weighted by atomic mass is 32.2. The maximum Gasteiger partial charge on any atom is 0.268 e. The lowest BCUT2D eigenvalue weighted by molar-refractivity contribution is 0.0946. The summed E-state index contributed by atoms with van der Waals surface area (Å²) in [6.07, 6.45) is 2.92. The van der Waals surface area contributed by atoms with Crippen molar-refractivity contribution in [2.24, 2.45) is 0 Å². The normalized spacial score (nSPS) is 11.7. The van der Waals surface area contributed by atoms with Crippen LogP contribution >= 0.6 is 11.8 Å². The smallest absolute Gasteiger partial charge is 0.268 e. The van der Waals surface area contributed by atoms with Crippen molar-refractivity contribution in [2.45, 2.75) is 34.5 Å². The Labute approximate surface area is 167 Å². The first-order valence-corrected chi connectivity index (χ1v) is 11.6. The SMILES string of the molecule is CCCCNC(=O)c1[nH]c2cc(S(C)(=O)=O)ccc2c1Sc1ccccc1F. The van der Waals surface area contributed by atoms with Crippen LogP contribution < -0.4 is 5.32 Å². The van der Waals surface area contributed by atoms with Crippen LogP contribution in [0.5, 0.6) is 0 Å². The van der Waals surface area contributed by atoms with E-state index in [1.807, 2.05) is 6.92 Å². The highest BCUT2D eigenvalue weighted by molar-refractivity contribution is 7.99. The molecular weight excluding hydrogens is 399 g/mol. The molecule has 1 heterocycles. The van der Waals surface area contributed by atoms with Gasteiger partial charge in [-0.05, 0) is 30.7 Å². The first-order chi connectivity index (χ1) is 13.3. The molecule has 0 bridgehead atoms. The lowest BCUT2D eigenvalue weighted by Gasteiger charge is -2.07. The predicted molar refractivity (Wildman–Crippen MR) is 109 cm³/mol. The van der Waals surface area contributed by atoms with Gasteiger partial charge in [-0.1, -0.05) is 43.3 Å². The Morgan fingerprint density at radius 2 is 1.96 bits per heavy atom. The summed E-state index contributed by atoms with van der Waals surface area (Å²) >= 11 is 1.14. The van der Waals surface area contributed by atoms with Gasteiger partial charge in [0.2, 0.25) is 0 Å². The predicted octanol–water partition coefficient (Wildman–Crippen LogP) is 4.39. The summed E-state index contributed by atoms with van der Waals surface area (Å²) in [4.78, 5) is 16.8. The van der Waals surface area contributed by atoms with Crippen LogP contribution in [-0.2, 0) is 9.84 Å². The molecule has 3 aromatic rings. The van der Waals surface area contributed by atoms with Crippen LogP contribution in [0.2, 0.25) is 0 Å². The van der Waals surface area contributed by atoms with Gasteiger partial charge < -0.3 is 10.3 Å². The van der Waals surface area contributed by atoms with Gasteiger partial charge in [-0.3, -0.25) is 4.79 Å². The van der Waals surface area contributed by atoms with Gasteiger partial charge in [0.25, 0.3) is 5.91 Å². The van der Waals surface area contributed by atoms with Crippen molar-refractivity contribution in [3.63, 3.8) is 0 Å². The first kappa shape index (κ1) is 20.4. The number of halogens is 1. The number of benzene rings is 2. The Morgan fingerprint density at radius 3 is 2.64 bits per heavy atom. The lowest BCUT2D eigenvalue weighted by atomic mass is 10.2. The van der Waals surface area contributed by atoms with E-state index in [2.05, 4.69) is 10.3 Å². The number of amides is 1. The summed E-state index contributed by atoms with van der Waals surface area (Å²) < 4.78 is 37.9. The summed E-state index contributed by atoms with van der Waals surface area (Å²) in [5.41, 5.74) is 0.812. The molecule has 28 heavy (non-hydrogen) atoms. The van der Waals surface area contributed by atoms with E-state index in [0.29, 0.717) is 32.9 Å². The van der Waals surface area contributed by atoms with Gasteiger partial charge in [0, 0.05) is 28.6 Å². The Bertz CT molecular complexity index is 1120. The Balaban J connectivity index is 2.10. The number of aromatic amines is 1. The maximum atomic E-state index is 14.2. The van der Waals surface area contributed by atoms with E-state index in [1.165, 1.54) is 18.2 Å². The number of rotatable bonds is 7. The first-order valence-electron chi connectivity index (χ1n) is 8.87. The van der Waals surface area contributed by atoms with Gasteiger partial charge in [0.15, 0.2) is 9.84 Å². The molecule has 0 unspecified atom stereocenters. The number of hydrogen-bond acceptors (Lipinski definition) is 4. The molecule has 0 aliphatic carbocycles. The molecule has 1 aromatic heterocycles. The second kappa shape index (κ2) is 8.36. The molecule has 2 aromatic carbocycles. The van der Waals surface area contributed by atoms with E-state index in [-0.39, 0.29) is 16.6 Å². The van der Waals surface area contributed by atoms with Crippen molar-refractivity contribution in [3.05, 3.63) is 54.0 Å². The highest BCUT2D eigenvalue weighted by Gasteiger charge is 2.21. The number of unbranched alkanes of at least 4 members (excludes halogenated alkanes) is 1. The zero-order valence-corrected chi connectivity index (χ0v) is 17.2. The molecule has 2 N–H and O–H groups in total. The van der Waals surface area contributed by atoms with E-state index in [0.717, 1.165) is 30.9 Å². The van der Waals surface area contributed by atoms with Crippen molar-refractivity contribution in [2.75, 3.05) is 12.8 Å². The Morgan fingerprint density at radius 1 is 1.21 bits per heavy atom. The zero-order chi connectivity index (χ0) is 20.3. The molecule has 0 saturated heterocycles. The fraction of sp³-hybridized carbons (Fsp3) is 0.250. The van der Waals surface area contributed by atoms with Gasteiger partial charge >= 0.3 is 0 Å². The monoisotopic (exact) mass is 420 g/mol. The Kier molecular flexibility index (Phi) is 6.10. The van der Waals surface area contributed by atoms with Crippen LogP contribution in [0.15, 0.2) is 57.2 Å². The number of aromatic nitrogens is 1. The summed E-state index contributed by atoms with van der Waals surface area (Å²) in [5, 5.41) is 3.52. The molecule has 0 saturated carbocycles. The van der Waals surface area contributed by atoms with E-state index >= 15 is 0 Å². The van der Waals surface area contributed by atoms with Crippen LogP contribution in [0.4, 0.5) is 4.39 Å². The van der Waals surface area contributed by atoms with Crippen molar-refractivity contribution in [1.29, 1.82) is 0 Å². The van der Waals surface area contributed by atoms with Gasteiger partial charge in [-0.2, -0.15) is 0 Å². The van der Waals surface area contributed by atoms with Crippen LogP contribution in [0, 0.1) is 5.82 Å². The Hall–Kier alpha value is -2.32. The topological polar surface area (TPSA) is 79.0 Å². The molecule has 0 atom stereocenters. The van der Waals surface area contributed by atoms with Gasteiger partial charge in [0.1, 0.15) is 11.5 Å². The highest BCUT2D eigenvalue weighted by Crippen LogP contribution is 2.38. The summed E-state index contributed by atoms with van der Waals surface area (Å²) in [6, 6.07) is 11.0. The molecule has 5 nitrogen and oxygen atoms in total. The second-order valence-electron chi connectivity index (χ2n) is 6.45. The van der Waals surface area contributed by atoms with Crippen LogP contribution in [0.25, 0.3) is 10.9 Å². The molecule has 0 fully saturated rings.